The fourth-order valence-corrected chi connectivity index (χ4v) is 1.29. The van der Waals surface area contributed by atoms with Gasteiger partial charge in [-0.3, -0.25) is 4.79 Å². The molecule has 2 N–H and O–H groups in total. The van der Waals surface area contributed by atoms with Crippen LogP contribution in [0.25, 0.3) is 0 Å². The summed E-state index contributed by atoms with van der Waals surface area (Å²) in [4.78, 5) is 11.2. The molecule has 0 amide bonds. The van der Waals surface area contributed by atoms with Crippen LogP contribution in [0.1, 0.15) is 25.5 Å². The normalized spacial score (nSPS) is 12.3. The topological polar surface area (TPSA) is 61.5 Å². The zero-order valence-electron chi connectivity index (χ0n) is 9.77. The predicted molar refractivity (Wildman–Crippen MR) is 61.2 cm³/mol. The number of nitrogens with two attached hydrogens (primary N) is 1. The van der Waals surface area contributed by atoms with Gasteiger partial charge in [-0.15, -0.1) is 0 Å². The molecule has 1 rings (SSSR count). The maximum absolute atomic E-state index is 11.2. The summed E-state index contributed by atoms with van der Waals surface area (Å²) in [5.41, 5.74) is 6.40. The molecule has 0 bridgehead atoms. The number of methoxy groups -OCH3 is 1. The van der Waals surface area contributed by atoms with Gasteiger partial charge in [-0.25, -0.2) is 0 Å². The quantitative estimate of drug-likeness (QED) is 0.788. The Balaban J connectivity index is 2.74. The fraction of sp³-hybridized carbons (Fsp3) is 0.417. The van der Waals surface area contributed by atoms with Gasteiger partial charge < -0.3 is 15.2 Å². The highest BCUT2D eigenvalue weighted by Gasteiger charge is 2.15. The SMILES string of the molecule is COC(=O)[C@@H](N)c1ccc(OC(C)C)cc1. The summed E-state index contributed by atoms with van der Waals surface area (Å²) in [5, 5.41) is 0. The third kappa shape index (κ3) is 3.24. The number of ether oxygens (including phenoxy) is 2. The summed E-state index contributed by atoms with van der Waals surface area (Å²) < 4.78 is 10.0. The van der Waals surface area contributed by atoms with E-state index in [1.165, 1.54) is 7.11 Å². The standard InChI is InChI=1S/C12H17NO3/c1-8(2)16-10-6-4-9(5-7-10)11(13)12(14)15-3/h4-8,11H,13H2,1-3H3/t11-/m0/s1. The number of benzene rings is 1. The lowest BCUT2D eigenvalue weighted by Gasteiger charge is -2.12. The Hall–Kier alpha value is -1.55. The lowest BCUT2D eigenvalue weighted by molar-refractivity contribution is -0.142. The van der Waals surface area contributed by atoms with Crippen LogP contribution in [0.15, 0.2) is 24.3 Å². The van der Waals surface area contributed by atoms with Gasteiger partial charge in [0.1, 0.15) is 11.8 Å². The third-order valence-electron chi connectivity index (χ3n) is 2.07. The summed E-state index contributed by atoms with van der Waals surface area (Å²) in [6, 6.07) is 6.37. The van der Waals surface area contributed by atoms with Crippen molar-refractivity contribution in [3.8, 4) is 5.75 Å². The lowest BCUT2D eigenvalue weighted by atomic mass is 10.1. The number of carbonyl (C=O) groups excluding carboxylic acids is 1. The average molecular weight is 223 g/mol. The van der Waals surface area contributed by atoms with E-state index in [0.717, 1.165) is 5.75 Å². The lowest BCUT2D eigenvalue weighted by Crippen LogP contribution is -2.22. The molecule has 1 aromatic carbocycles. The molecule has 0 radical (unpaired) electrons. The Morgan fingerprint density at radius 3 is 2.25 bits per heavy atom. The van der Waals surface area contributed by atoms with Crippen LogP contribution in [0.4, 0.5) is 0 Å². The van der Waals surface area contributed by atoms with Gasteiger partial charge in [0.05, 0.1) is 13.2 Å². The minimum absolute atomic E-state index is 0.125. The van der Waals surface area contributed by atoms with Gasteiger partial charge in [0.15, 0.2) is 0 Å². The second-order valence-electron chi connectivity index (χ2n) is 3.74. The summed E-state index contributed by atoms with van der Waals surface area (Å²) >= 11 is 0. The molecule has 0 aromatic heterocycles. The monoisotopic (exact) mass is 223 g/mol. The predicted octanol–water partition coefficient (Wildman–Crippen LogP) is 1.65. The van der Waals surface area contributed by atoms with Crippen molar-refractivity contribution in [2.75, 3.05) is 7.11 Å². The van der Waals surface area contributed by atoms with E-state index in [-0.39, 0.29) is 6.10 Å². The Kier molecular flexibility index (Phi) is 4.31. The number of hydrogen-bond acceptors (Lipinski definition) is 4. The summed E-state index contributed by atoms with van der Waals surface area (Å²) in [6.07, 6.45) is 0.125. The zero-order chi connectivity index (χ0) is 12.1. The van der Waals surface area contributed by atoms with Gasteiger partial charge >= 0.3 is 5.97 Å². The smallest absolute Gasteiger partial charge is 0.327 e. The molecule has 0 heterocycles. The van der Waals surface area contributed by atoms with Gasteiger partial charge in [-0.1, -0.05) is 12.1 Å². The molecule has 4 nitrogen and oxygen atoms in total. The van der Waals surface area contributed by atoms with E-state index in [4.69, 9.17) is 10.5 Å². The van der Waals surface area contributed by atoms with Crippen molar-refractivity contribution < 1.29 is 14.3 Å². The van der Waals surface area contributed by atoms with Crippen LogP contribution in [0.5, 0.6) is 5.75 Å². The number of rotatable bonds is 4. The van der Waals surface area contributed by atoms with Crippen LogP contribution >= 0.6 is 0 Å². The number of esters is 1. The summed E-state index contributed by atoms with van der Waals surface area (Å²) in [7, 11) is 1.32. The maximum Gasteiger partial charge on any atom is 0.327 e. The Bertz CT molecular complexity index is 346. The molecule has 1 aromatic rings. The average Bonchev–Trinajstić information content (AvgIpc) is 2.27. The van der Waals surface area contributed by atoms with E-state index in [2.05, 4.69) is 4.74 Å². The molecule has 0 aliphatic carbocycles. The van der Waals surface area contributed by atoms with Crippen LogP contribution in [0.3, 0.4) is 0 Å². The van der Waals surface area contributed by atoms with Crippen molar-refractivity contribution in [3.63, 3.8) is 0 Å². The summed E-state index contributed by atoms with van der Waals surface area (Å²) in [6.45, 7) is 3.90. The van der Waals surface area contributed by atoms with E-state index < -0.39 is 12.0 Å². The van der Waals surface area contributed by atoms with E-state index in [1.54, 1.807) is 24.3 Å². The molecule has 16 heavy (non-hydrogen) atoms. The van der Waals surface area contributed by atoms with Crippen LogP contribution < -0.4 is 10.5 Å². The summed E-state index contributed by atoms with van der Waals surface area (Å²) in [5.74, 6) is 0.313. The van der Waals surface area contributed by atoms with Gasteiger partial charge in [0, 0.05) is 0 Å². The molecule has 0 spiro atoms. The highest BCUT2D eigenvalue weighted by molar-refractivity contribution is 5.77. The zero-order valence-corrected chi connectivity index (χ0v) is 9.77. The number of carbonyl (C=O) groups is 1. The minimum atomic E-state index is -0.738. The van der Waals surface area contributed by atoms with Crippen molar-refractivity contribution in [3.05, 3.63) is 29.8 Å². The van der Waals surface area contributed by atoms with Crippen molar-refractivity contribution in [1.29, 1.82) is 0 Å². The molecule has 0 unspecified atom stereocenters. The highest BCUT2D eigenvalue weighted by Crippen LogP contribution is 2.18. The molecule has 0 saturated carbocycles. The van der Waals surface area contributed by atoms with Crippen molar-refractivity contribution >= 4 is 5.97 Å². The second kappa shape index (κ2) is 5.51. The molecular formula is C12H17NO3. The minimum Gasteiger partial charge on any atom is -0.491 e. The van der Waals surface area contributed by atoms with Crippen LogP contribution in [-0.2, 0) is 9.53 Å². The molecule has 4 heteroatoms. The van der Waals surface area contributed by atoms with Crippen LogP contribution in [0, 0.1) is 0 Å². The van der Waals surface area contributed by atoms with Gasteiger partial charge in [0.2, 0.25) is 0 Å². The van der Waals surface area contributed by atoms with Gasteiger partial charge in [-0.05, 0) is 31.5 Å². The third-order valence-corrected chi connectivity index (χ3v) is 2.07. The van der Waals surface area contributed by atoms with Crippen LogP contribution in [-0.4, -0.2) is 19.2 Å². The molecule has 0 aliphatic rings. The Morgan fingerprint density at radius 2 is 1.81 bits per heavy atom. The highest BCUT2D eigenvalue weighted by atomic mass is 16.5. The first-order valence-corrected chi connectivity index (χ1v) is 5.14. The van der Waals surface area contributed by atoms with Crippen molar-refractivity contribution in [2.45, 2.75) is 26.0 Å². The first kappa shape index (κ1) is 12.5. The van der Waals surface area contributed by atoms with Crippen molar-refractivity contribution in [2.24, 2.45) is 5.73 Å². The van der Waals surface area contributed by atoms with Gasteiger partial charge in [-0.2, -0.15) is 0 Å². The fourth-order valence-electron chi connectivity index (χ4n) is 1.29. The molecule has 1 atom stereocenters. The first-order chi connectivity index (χ1) is 7.54. The maximum atomic E-state index is 11.2. The second-order valence-corrected chi connectivity index (χ2v) is 3.74. The van der Waals surface area contributed by atoms with Crippen molar-refractivity contribution in [1.82, 2.24) is 0 Å². The van der Waals surface area contributed by atoms with Gasteiger partial charge in [0.25, 0.3) is 0 Å². The van der Waals surface area contributed by atoms with E-state index in [9.17, 15) is 4.79 Å². The molecular weight excluding hydrogens is 206 g/mol. The Labute approximate surface area is 95.3 Å². The number of hydrogen-bond donors (Lipinski definition) is 1. The van der Waals surface area contributed by atoms with E-state index in [1.807, 2.05) is 13.8 Å². The van der Waals surface area contributed by atoms with E-state index in [0.29, 0.717) is 5.56 Å². The molecule has 88 valence electrons. The van der Waals surface area contributed by atoms with E-state index >= 15 is 0 Å². The van der Waals surface area contributed by atoms with Crippen LogP contribution in [0.2, 0.25) is 0 Å². The molecule has 0 aliphatic heterocycles. The largest absolute Gasteiger partial charge is 0.491 e. The molecule has 0 fully saturated rings. The molecule has 0 saturated heterocycles. The first-order valence-electron chi connectivity index (χ1n) is 5.14. The Morgan fingerprint density at radius 1 is 1.25 bits per heavy atom.